The lowest BCUT2D eigenvalue weighted by Crippen LogP contribution is -2.25. The van der Waals surface area contributed by atoms with Crippen molar-refractivity contribution in [1.29, 1.82) is 0 Å². The lowest BCUT2D eigenvalue weighted by atomic mass is 9.70. The molecule has 13 rings (SSSR count). The van der Waals surface area contributed by atoms with E-state index in [2.05, 4.69) is 182 Å². The summed E-state index contributed by atoms with van der Waals surface area (Å²) in [6.45, 7) is 0. The zero-order chi connectivity index (χ0) is 40.8. The van der Waals surface area contributed by atoms with E-state index in [0.717, 1.165) is 50.0 Å². The third-order valence-electron chi connectivity index (χ3n) is 13.1. The monoisotopic (exact) mass is 788 g/mol. The fraction of sp³-hybridized carbons (Fsp3) is 0.0169. The SMILES string of the molecule is c1ccc(-c2nc(-c3ccccc3)c3oc4ccc(-c5cccc(-c6cccc(-c7ccc8c(c7)C7(c9ccccc9-c9ccccc97)c7ccccc7-8)c6)c5)cc4c3n2)cc1. The van der Waals surface area contributed by atoms with Crippen molar-refractivity contribution in [3.63, 3.8) is 0 Å². The van der Waals surface area contributed by atoms with Gasteiger partial charge in [0, 0.05) is 16.5 Å². The van der Waals surface area contributed by atoms with Gasteiger partial charge in [0.05, 0.1) is 5.41 Å². The maximum absolute atomic E-state index is 6.55. The molecule has 288 valence electrons. The fourth-order valence-corrected chi connectivity index (χ4v) is 10.4. The number of aromatic nitrogens is 2. The van der Waals surface area contributed by atoms with Gasteiger partial charge in [-0.25, -0.2) is 9.97 Å². The topological polar surface area (TPSA) is 38.9 Å². The number of hydrogen-bond acceptors (Lipinski definition) is 3. The molecule has 62 heavy (non-hydrogen) atoms. The van der Waals surface area contributed by atoms with Gasteiger partial charge in [0.15, 0.2) is 11.4 Å². The Labute approximate surface area is 359 Å². The number of fused-ring (bicyclic) bond motifs is 13. The second-order valence-corrected chi connectivity index (χ2v) is 16.4. The molecule has 0 atom stereocenters. The molecule has 0 unspecified atom stereocenters. The van der Waals surface area contributed by atoms with E-state index in [-0.39, 0.29) is 5.41 Å². The highest BCUT2D eigenvalue weighted by Gasteiger charge is 2.51. The lowest BCUT2D eigenvalue weighted by Gasteiger charge is -2.30. The average Bonchev–Trinajstić information content (AvgIpc) is 3.98. The molecule has 0 saturated carbocycles. The molecule has 0 aliphatic heterocycles. The van der Waals surface area contributed by atoms with Crippen LogP contribution >= 0.6 is 0 Å². The maximum atomic E-state index is 6.55. The minimum absolute atomic E-state index is 0.374. The fourth-order valence-electron chi connectivity index (χ4n) is 10.4. The molecule has 3 heteroatoms. The molecule has 2 aliphatic carbocycles. The zero-order valence-corrected chi connectivity index (χ0v) is 33.6. The van der Waals surface area contributed by atoms with Crippen LogP contribution in [0.3, 0.4) is 0 Å². The van der Waals surface area contributed by atoms with Crippen LogP contribution in [0.25, 0.3) is 100 Å². The summed E-state index contributed by atoms with van der Waals surface area (Å²) in [4.78, 5) is 10.2. The van der Waals surface area contributed by atoms with E-state index in [1.165, 1.54) is 61.2 Å². The van der Waals surface area contributed by atoms with Crippen LogP contribution in [0.2, 0.25) is 0 Å². The Hall–Kier alpha value is -8.14. The summed E-state index contributed by atoms with van der Waals surface area (Å²) >= 11 is 0. The van der Waals surface area contributed by atoms with Crippen molar-refractivity contribution in [2.75, 3.05) is 0 Å². The first-order valence-electron chi connectivity index (χ1n) is 21.2. The van der Waals surface area contributed by atoms with Crippen molar-refractivity contribution in [1.82, 2.24) is 9.97 Å². The minimum Gasteiger partial charge on any atom is -0.452 e. The largest absolute Gasteiger partial charge is 0.452 e. The average molecular weight is 789 g/mol. The van der Waals surface area contributed by atoms with Gasteiger partial charge >= 0.3 is 0 Å². The molecule has 2 heterocycles. The third kappa shape index (κ3) is 5.06. The quantitative estimate of drug-likeness (QED) is 0.174. The predicted molar refractivity (Wildman–Crippen MR) is 253 cm³/mol. The van der Waals surface area contributed by atoms with Gasteiger partial charge in [0.2, 0.25) is 0 Å². The highest BCUT2D eigenvalue weighted by atomic mass is 16.3. The van der Waals surface area contributed by atoms with Gasteiger partial charge in [0.25, 0.3) is 0 Å². The first-order chi connectivity index (χ1) is 30.7. The zero-order valence-electron chi connectivity index (χ0n) is 33.6. The highest BCUT2D eigenvalue weighted by Crippen LogP contribution is 2.63. The van der Waals surface area contributed by atoms with Crippen LogP contribution in [-0.2, 0) is 5.41 Å². The van der Waals surface area contributed by atoms with Crippen molar-refractivity contribution in [2.24, 2.45) is 0 Å². The summed E-state index contributed by atoms with van der Waals surface area (Å²) in [6.07, 6.45) is 0. The maximum Gasteiger partial charge on any atom is 0.180 e. The molecule has 9 aromatic carbocycles. The third-order valence-corrected chi connectivity index (χ3v) is 13.1. The number of hydrogen-bond donors (Lipinski definition) is 0. The minimum atomic E-state index is -0.374. The van der Waals surface area contributed by atoms with E-state index in [9.17, 15) is 0 Å². The van der Waals surface area contributed by atoms with Crippen molar-refractivity contribution < 1.29 is 4.42 Å². The van der Waals surface area contributed by atoms with Crippen LogP contribution < -0.4 is 0 Å². The molecule has 3 nitrogen and oxygen atoms in total. The molecule has 2 aliphatic rings. The number of rotatable bonds is 5. The van der Waals surface area contributed by atoms with E-state index in [4.69, 9.17) is 14.4 Å². The van der Waals surface area contributed by atoms with Crippen LogP contribution in [0.1, 0.15) is 22.3 Å². The second kappa shape index (κ2) is 13.4. The first kappa shape index (κ1) is 34.7. The van der Waals surface area contributed by atoms with Crippen LogP contribution in [0.15, 0.2) is 223 Å². The van der Waals surface area contributed by atoms with E-state index in [0.29, 0.717) is 11.4 Å². The van der Waals surface area contributed by atoms with Gasteiger partial charge in [0.1, 0.15) is 16.8 Å². The smallest absolute Gasteiger partial charge is 0.180 e. The molecule has 1 spiro atoms. The van der Waals surface area contributed by atoms with Crippen molar-refractivity contribution in [3.05, 3.63) is 241 Å². The van der Waals surface area contributed by atoms with Crippen molar-refractivity contribution >= 4 is 22.1 Å². The predicted octanol–water partition coefficient (Wildman–Crippen LogP) is 15.1. The molecule has 0 fully saturated rings. The summed E-state index contributed by atoms with van der Waals surface area (Å²) in [6, 6.07) is 78.8. The Morgan fingerprint density at radius 2 is 0.774 bits per heavy atom. The van der Waals surface area contributed by atoms with Gasteiger partial charge in [-0.15, -0.1) is 0 Å². The van der Waals surface area contributed by atoms with E-state index in [1.807, 2.05) is 36.4 Å². The Kier molecular flexibility index (Phi) is 7.52. The van der Waals surface area contributed by atoms with Crippen molar-refractivity contribution in [3.8, 4) is 78.3 Å². The summed E-state index contributed by atoms with van der Waals surface area (Å²) in [5, 5.41) is 0.964. The molecule has 0 amide bonds. The first-order valence-corrected chi connectivity index (χ1v) is 21.2. The Morgan fingerprint density at radius 3 is 1.35 bits per heavy atom. The van der Waals surface area contributed by atoms with E-state index < -0.39 is 0 Å². The van der Waals surface area contributed by atoms with Crippen LogP contribution in [-0.4, -0.2) is 9.97 Å². The molecular weight excluding hydrogens is 753 g/mol. The number of nitrogens with zero attached hydrogens (tertiary/aromatic N) is 2. The molecule has 0 bridgehead atoms. The Morgan fingerprint density at radius 1 is 0.323 bits per heavy atom. The van der Waals surface area contributed by atoms with Gasteiger partial charge in [-0.3, -0.25) is 0 Å². The van der Waals surface area contributed by atoms with E-state index >= 15 is 0 Å². The van der Waals surface area contributed by atoms with Gasteiger partial charge in [-0.2, -0.15) is 0 Å². The lowest BCUT2D eigenvalue weighted by molar-refractivity contribution is 0.667. The molecule has 0 N–H and O–H groups in total. The Balaban J connectivity index is 0.908. The molecule has 0 radical (unpaired) electrons. The highest BCUT2D eigenvalue weighted by molar-refractivity contribution is 6.08. The summed E-state index contributed by atoms with van der Waals surface area (Å²) < 4.78 is 6.55. The second-order valence-electron chi connectivity index (χ2n) is 16.4. The van der Waals surface area contributed by atoms with Crippen LogP contribution in [0, 0.1) is 0 Å². The van der Waals surface area contributed by atoms with Crippen LogP contribution in [0.4, 0.5) is 0 Å². The van der Waals surface area contributed by atoms with E-state index in [1.54, 1.807) is 0 Å². The van der Waals surface area contributed by atoms with Gasteiger partial charge in [-0.1, -0.05) is 188 Å². The standard InChI is InChI=1S/C59H36N2O/c1-3-15-37(16-4-1)55-57-56(61-58(60-55)38-17-5-2-6-18-38)49-35-43(30-32-54(49)62-57)41-21-13-19-39(33-41)40-20-14-22-42(34-40)44-29-31-48-47-25-9-12-28-52(47)59(53(48)36-44)50-26-10-7-23-45(50)46-24-8-11-27-51(46)59/h1-36H. The summed E-state index contributed by atoms with van der Waals surface area (Å²) in [5.74, 6) is 0.674. The molecule has 0 saturated heterocycles. The normalized spacial score (nSPS) is 13.0. The van der Waals surface area contributed by atoms with Crippen molar-refractivity contribution in [2.45, 2.75) is 5.41 Å². The van der Waals surface area contributed by atoms with Crippen LogP contribution in [0.5, 0.6) is 0 Å². The number of furan rings is 1. The number of benzene rings is 9. The van der Waals surface area contributed by atoms with Gasteiger partial charge < -0.3 is 4.42 Å². The Bertz CT molecular complexity index is 3520. The summed E-state index contributed by atoms with van der Waals surface area (Å²) in [5.41, 5.74) is 22.3. The molecule has 2 aromatic heterocycles. The summed E-state index contributed by atoms with van der Waals surface area (Å²) in [7, 11) is 0. The molecule has 11 aromatic rings. The molecular formula is C59H36N2O. The van der Waals surface area contributed by atoms with Gasteiger partial charge in [-0.05, 0) is 108 Å².